The highest BCUT2D eigenvalue weighted by Crippen LogP contribution is 2.00. The van der Waals surface area contributed by atoms with Crippen molar-refractivity contribution in [3.8, 4) is 0 Å². The van der Waals surface area contributed by atoms with E-state index in [9.17, 15) is 9.59 Å². The Kier molecular flexibility index (Phi) is 36.6. The third-order valence-electron chi connectivity index (χ3n) is 6.32. The number of benzene rings is 1. The summed E-state index contributed by atoms with van der Waals surface area (Å²) in [5.74, 6) is -0.616. The zero-order valence-electron chi connectivity index (χ0n) is 31.0. The molecule has 0 unspecified atom stereocenters. The molecule has 0 heterocycles. The minimum Gasteiger partial charge on any atom is -0.466 e. The lowest BCUT2D eigenvalue weighted by molar-refractivity contribution is -0.144. The van der Waals surface area contributed by atoms with Crippen molar-refractivity contribution in [1.29, 1.82) is 0 Å². The smallest absolute Gasteiger partial charge is 0.338 e. The van der Waals surface area contributed by atoms with Crippen LogP contribution in [0.25, 0.3) is 0 Å². The second-order valence-corrected chi connectivity index (χ2v) is 10.4. The van der Waals surface area contributed by atoms with Crippen LogP contribution in [0.15, 0.2) is 30.3 Å². The third kappa shape index (κ3) is 34.7. The highest BCUT2D eigenvalue weighted by atomic mass is 16.6. The van der Waals surface area contributed by atoms with Crippen molar-refractivity contribution in [2.75, 3.05) is 172 Å². The van der Waals surface area contributed by atoms with Gasteiger partial charge in [0.05, 0.1) is 177 Å². The minimum absolute atomic E-state index is 0.196. The number of rotatable bonds is 41. The summed E-state index contributed by atoms with van der Waals surface area (Å²) < 4.78 is 75.2. The molecule has 302 valence electrons. The fraction of sp³-hybridized carbons (Fsp3) is 0.778. The van der Waals surface area contributed by atoms with E-state index < -0.39 is 0 Å². The second kappa shape index (κ2) is 39.9. The molecule has 0 saturated carbocycles. The predicted molar refractivity (Wildman–Crippen MR) is 188 cm³/mol. The fourth-order valence-corrected chi connectivity index (χ4v) is 3.76. The van der Waals surface area contributed by atoms with E-state index in [1.54, 1.807) is 31.2 Å². The van der Waals surface area contributed by atoms with Crippen LogP contribution in [0.1, 0.15) is 23.7 Å². The number of ether oxygens (including phenoxy) is 14. The van der Waals surface area contributed by atoms with Crippen LogP contribution in [-0.2, 0) is 71.1 Å². The summed E-state index contributed by atoms with van der Waals surface area (Å²) in [6, 6.07) is 8.84. The van der Waals surface area contributed by atoms with Crippen molar-refractivity contribution in [3.63, 3.8) is 0 Å². The second-order valence-electron chi connectivity index (χ2n) is 10.4. The molecule has 16 nitrogen and oxygen atoms in total. The van der Waals surface area contributed by atoms with E-state index in [1.165, 1.54) is 0 Å². The van der Waals surface area contributed by atoms with Gasteiger partial charge in [-0.2, -0.15) is 0 Å². The van der Waals surface area contributed by atoms with E-state index in [2.05, 4.69) is 0 Å². The SMILES string of the molecule is CCOC(=O)CCOCCOCCOCCOCCOCCOCCOCCOCCOCCOCCOCCOCCOC(=O)c1ccccc1. The highest BCUT2D eigenvalue weighted by molar-refractivity contribution is 5.89. The molecule has 0 spiro atoms. The summed E-state index contributed by atoms with van der Waals surface area (Å²) in [5, 5.41) is 0. The molecule has 0 atom stereocenters. The summed E-state index contributed by atoms with van der Waals surface area (Å²) in [6.45, 7) is 13.3. The van der Waals surface area contributed by atoms with Crippen molar-refractivity contribution in [1.82, 2.24) is 0 Å². The van der Waals surface area contributed by atoms with Gasteiger partial charge in [0.2, 0.25) is 0 Å². The van der Waals surface area contributed by atoms with Gasteiger partial charge < -0.3 is 66.3 Å². The lowest BCUT2D eigenvalue weighted by atomic mass is 10.2. The number of esters is 2. The number of carbonyl (C=O) groups is 2. The van der Waals surface area contributed by atoms with Crippen LogP contribution >= 0.6 is 0 Å². The van der Waals surface area contributed by atoms with E-state index in [0.29, 0.717) is 171 Å². The Morgan fingerprint density at radius 3 is 0.923 bits per heavy atom. The molecular formula is C36H62O16. The molecule has 0 amide bonds. The van der Waals surface area contributed by atoms with E-state index in [1.807, 2.05) is 6.07 Å². The largest absolute Gasteiger partial charge is 0.466 e. The topological polar surface area (TPSA) is 163 Å². The normalized spacial score (nSPS) is 11.2. The van der Waals surface area contributed by atoms with Crippen LogP contribution in [-0.4, -0.2) is 184 Å². The molecule has 1 aromatic rings. The highest BCUT2D eigenvalue weighted by Gasteiger charge is 2.05. The molecule has 1 rings (SSSR count). The number of hydrogen-bond acceptors (Lipinski definition) is 16. The van der Waals surface area contributed by atoms with Crippen molar-refractivity contribution in [2.45, 2.75) is 13.3 Å². The maximum absolute atomic E-state index is 11.8. The molecule has 0 N–H and O–H groups in total. The molecule has 0 aliphatic rings. The van der Waals surface area contributed by atoms with Crippen LogP contribution < -0.4 is 0 Å². The van der Waals surface area contributed by atoms with Gasteiger partial charge >= 0.3 is 11.9 Å². The Morgan fingerprint density at radius 2 is 0.635 bits per heavy atom. The molecule has 1 aromatic carbocycles. The Morgan fingerprint density at radius 1 is 0.365 bits per heavy atom. The Balaban J connectivity index is 1.63. The first-order chi connectivity index (χ1) is 25.7. The van der Waals surface area contributed by atoms with Gasteiger partial charge in [-0.05, 0) is 19.1 Å². The summed E-state index contributed by atoms with van der Waals surface area (Å²) in [4.78, 5) is 22.9. The van der Waals surface area contributed by atoms with Crippen LogP contribution in [0, 0.1) is 0 Å². The van der Waals surface area contributed by atoms with Gasteiger partial charge in [-0.1, -0.05) is 18.2 Å². The van der Waals surface area contributed by atoms with Crippen LogP contribution in [0.5, 0.6) is 0 Å². The number of hydrogen-bond donors (Lipinski definition) is 0. The maximum atomic E-state index is 11.8. The Hall–Kier alpha value is -2.32. The average Bonchev–Trinajstić information content (AvgIpc) is 3.16. The first kappa shape index (κ1) is 47.7. The molecule has 0 fully saturated rings. The van der Waals surface area contributed by atoms with Gasteiger partial charge in [-0.3, -0.25) is 4.79 Å². The standard InChI is InChI=1S/C36H62O16/c1-2-51-35(37)8-9-39-10-11-40-12-13-41-14-15-42-16-17-43-18-19-44-20-21-45-22-23-46-24-25-47-26-27-48-28-29-49-30-31-50-32-33-52-36(38)34-6-4-3-5-7-34/h3-7H,2,8-33H2,1H3. The van der Waals surface area contributed by atoms with Gasteiger partial charge in [0.15, 0.2) is 0 Å². The van der Waals surface area contributed by atoms with Gasteiger partial charge in [0.25, 0.3) is 0 Å². The van der Waals surface area contributed by atoms with Crippen LogP contribution in [0.4, 0.5) is 0 Å². The molecule has 16 heteroatoms. The third-order valence-corrected chi connectivity index (χ3v) is 6.32. The van der Waals surface area contributed by atoms with Gasteiger partial charge in [-0.25, -0.2) is 4.79 Å². The first-order valence-electron chi connectivity index (χ1n) is 18.0. The molecule has 0 saturated heterocycles. The number of carbonyl (C=O) groups excluding carboxylic acids is 2. The zero-order valence-corrected chi connectivity index (χ0v) is 31.0. The molecular weight excluding hydrogens is 688 g/mol. The van der Waals surface area contributed by atoms with E-state index in [0.717, 1.165) is 0 Å². The average molecular weight is 751 g/mol. The lowest BCUT2D eigenvalue weighted by Gasteiger charge is -2.09. The van der Waals surface area contributed by atoms with E-state index in [4.69, 9.17) is 66.3 Å². The van der Waals surface area contributed by atoms with E-state index in [-0.39, 0.29) is 25.0 Å². The first-order valence-corrected chi connectivity index (χ1v) is 18.0. The molecule has 0 radical (unpaired) electrons. The predicted octanol–water partition coefficient (Wildman–Crippen LogP) is 2.00. The quantitative estimate of drug-likeness (QED) is 0.0705. The van der Waals surface area contributed by atoms with Gasteiger partial charge in [-0.15, -0.1) is 0 Å². The minimum atomic E-state index is -0.361. The Bertz CT molecular complexity index is 894. The molecule has 0 aromatic heterocycles. The van der Waals surface area contributed by atoms with Gasteiger partial charge in [0.1, 0.15) is 6.61 Å². The fourth-order valence-electron chi connectivity index (χ4n) is 3.76. The van der Waals surface area contributed by atoms with Crippen molar-refractivity contribution >= 4 is 11.9 Å². The zero-order chi connectivity index (χ0) is 37.3. The van der Waals surface area contributed by atoms with Crippen LogP contribution in [0.3, 0.4) is 0 Å². The molecule has 52 heavy (non-hydrogen) atoms. The molecule has 0 bridgehead atoms. The van der Waals surface area contributed by atoms with Gasteiger partial charge in [0, 0.05) is 0 Å². The monoisotopic (exact) mass is 750 g/mol. The molecule has 0 aliphatic heterocycles. The summed E-state index contributed by atoms with van der Waals surface area (Å²) in [6.07, 6.45) is 0.251. The Labute approximate surface area is 308 Å². The maximum Gasteiger partial charge on any atom is 0.338 e. The van der Waals surface area contributed by atoms with Crippen molar-refractivity contribution in [2.24, 2.45) is 0 Å². The van der Waals surface area contributed by atoms with Crippen LogP contribution in [0.2, 0.25) is 0 Å². The van der Waals surface area contributed by atoms with E-state index >= 15 is 0 Å². The van der Waals surface area contributed by atoms with Crippen molar-refractivity contribution < 1.29 is 75.9 Å². The lowest BCUT2D eigenvalue weighted by Crippen LogP contribution is -2.16. The van der Waals surface area contributed by atoms with Crippen molar-refractivity contribution in [3.05, 3.63) is 35.9 Å². The molecule has 0 aliphatic carbocycles. The summed E-state index contributed by atoms with van der Waals surface area (Å²) in [7, 11) is 0. The summed E-state index contributed by atoms with van der Waals surface area (Å²) in [5.41, 5.74) is 0.521. The summed E-state index contributed by atoms with van der Waals surface area (Å²) >= 11 is 0.